The molecule has 0 spiro atoms. The smallest absolute Gasteiger partial charge is 0.243 e. The van der Waals surface area contributed by atoms with Gasteiger partial charge in [0.05, 0.1) is 12.3 Å². The van der Waals surface area contributed by atoms with Gasteiger partial charge in [0.1, 0.15) is 4.90 Å². The van der Waals surface area contributed by atoms with Crippen LogP contribution in [0, 0.1) is 0 Å². The van der Waals surface area contributed by atoms with Gasteiger partial charge in [0.2, 0.25) is 10.0 Å². The second-order valence-electron chi connectivity index (χ2n) is 5.32. The molecule has 0 saturated heterocycles. The summed E-state index contributed by atoms with van der Waals surface area (Å²) in [6.45, 7) is -0.102. The average Bonchev–Trinajstić information content (AvgIpc) is 2.99. The molecule has 1 heterocycles. The molecule has 3 aromatic rings. The van der Waals surface area contributed by atoms with Crippen LogP contribution in [0.3, 0.4) is 0 Å². The maximum absolute atomic E-state index is 12.1. The van der Waals surface area contributed by atoms with Crippen molar-refractivity contribution < 1.29 is 13.5 Å². The first-order valence-corrected chi connectivity index (χ1v) is 8.59. The zero-order valence-corrected chi connectivity index (χ0v) is 13.4. The van der Waals surface area contributed by atoms with Crippen LogP contribution in [0.25, 0.3) is 10.8 Å². The Balaban J connectivity index is 1.74. The lowest BCUT2D eigenvalue weighted by Crippen LogP contribution is -2.28. The first kappa shape index (κ1) is 15.7. The molecule has 1 aromatic heterocycles. The van der Waals surface area contributed by atoms with Crippen molar-refractivity contribution in [3.05, 3.63) is 60.4 Å². The van der Waals surface area contributed by atoms with E-state index in [1.54, 1.807) is 13.1 Å². The van der Waals surface area contributed by atoms with Crippen molar-refractivity contribution in [2.24, 2.45) is 7.05 Å². The van der Waals surface area contributed by atoms with Crippen molar-refractivity contribution in [3.63, 3.8) is 0 Å². The predicted octanol–water partition coefficient (Wildman–Crippen LogP) is 1.59. The van der Waals surface area contributed by atoms with Gasteiger partial charge in [0.15, 0.2) is 0 Å². The predicted molar refractivity (Wildman–Crippen MR) is 87.3 cm³/mol. The zero-order valence-electron chi connectivity index (χ0n) is 12.5. The van der Waals surface area contributed by atoms with Crippen molar-refractivity contribution in [2.45, 2.75) is 11.0 Å². The van der Waals surface area contributed by atoms with Gasteiger partial charge >= 0.3 is 0 Å². The van der Waals surface area contributed by atoms with Crippen molar-refractivity contribution >= 4 is 20.8 Å². The number of nitrogens with zero attached hydrogens (tertiary/aromatic N) is 2. The fourth-order valence-corrected chi connectivity index (χ4v) is 3.36. The fraction of sp³-hybridized carbons (Fsp3) is 0.188. The van der Waals surface area contributed by atoms with Crippen LogP contribution in [0.1, 0.15) is 11.7 Å². The summed E-state index contributed by atoms with van der Waals surface area (Å²) in [7, 11) is -2.04. The van der Waals surface area contributed by atoms with E-state index >= 15 is 0 Å². The number of benzene rings is 2. The molecule has 0 saturated carbocycles. The maximum atomic E-state index is 12.1. The molecule has 0 radical (unpaired) electrons. The highest BCUT2D eigenvalue weighted by Crippen LogP contribution is 2.20. The molecule has 1 atom stereocenters. The minimum absolute atomic E-state index is 0.0747. The molecular formula is C16H17N3O3S. The van der Waals surface area contributed by atoms with E-state index in [1.165, 1.54) is 17.1 Å². The topological polar surface area (TPSA) is 84.2 Å². The molecule has 2 aromatic carbocycles. The Bertz CT molecular complexity index is 934. The largest absolute Gasteiger partial charge is 0.387 e. The van der Waals surface area contributed by atoms with Gasteiger partial charge in [0.25, 0.3) is 0 Å². The van der Waals surface area contributed by atoms with Crippen LogP contribution in [0.2, 0.25) is 0 Å². The molecule has 0 aliphatic rings. The van der Waals surface area contributed by atoms with Gasteiger partial charge in [-0.1, -0.05) is 36.4 Å². The Morgan fingerprint density at radius 2 is 1.96 bits per heavy atom. The van der Waals surface area contributed by atoms with E-state index in [0.717, 1.165) is 10.8 Å². The number of hydrogen-bond acceptors (Lipinski definition) is 4. The second kappa shape index (κ2) is 6.11. The second-order valence-corrected chi connectivity index (χ2v) is 7.09. The number of hydrogen-bond donors (Lipinski definition) is 2. The Morgan fingerprint density at radius 1 is 1.22 bits per heavy atom. The molecule has 23 heavy (non-hydrogen) atoms. The van der Waals surface area contributed by atoms with Gasteiger partial charge in [0, 0.05) is 19.8 Å². The molecule has 0 amide bonds. The highest BCUT2D eigenvalue weighted by atomic mass is 32.2. The van der Waals surface area contributed by atoms with Crippen molar-refractivity contribution in [1.82, 2.24) is 14.5 Å². The molecule has 3 rings (SSSR count). The minimum Gasteiger partial charge on any atom is -0.387 e. The molecule has 2 N–H and O–H groups in total. The molecule has 120 valence electrons. The monoisotopic (exact) mass is 331 g/mol. The van der Waals surface area contributed by atoms with Gasteiger partial charge in [-0.05, 0) is 22.4 Å². The van der Waals surface area contributed by atoms with E-state index in [4.69, 9.17) is 0 Å². The molecule has 1 unspecified atom stereocenters. The van der Waals surface area contributed by atoms with Crippen LogP contribution in [0.5, 0.6) is 0 Å². The highest BCUT2D eigenvalue weighted by Gasteiger charge is 2.18. The van der Waals surface area contributed by atoms with Crippen molar-refractivity contribution in [1.29, 1.82) is 0 Å². The van der Waals surface area contributed by atoms with Crippen molar-refractivity contribution in [3.8, 4) is 0 Å². The number of aryl methyl sites for hydroxylation is 1. The Kier molecular flexibility index (Phi) is 4.16. The van der Waals surface area contributed by atoms with E-state index < -0.39 is 16.1 Å². The first-order valence-electron chi connectivity index (χ1n) is 7.11. The Morgan fingerprint density at radius 3 is 2.65 bits per heavy atom. The summed E-state index contributed by atoms with van der Waals surface area (Å²) in [5.74, 6) is 0. The van der Waals surface area contributed by atoms with Crippen LogP contribution in [0.4, 0.5) is 0 Å². The van der Waals surface area contributed by atoms with Crippen LogP contribution in [-0.2, 0) is 17.1 Å². The molecule has 0 fully saturated rings. The molecule has 7 heteroatoms. The number of sulfonamides is 1. The standard InChI is InChI=1S/C16H17N3O3S/c1-19-11-15(9-17-19)23(21,22)18-10-16(20)14-7-6-12-4-2-3-5-13(12)8-14/h2-9,11,16,18,20H,10H2,1H3. The number of aromatic nitrogens is 2. The lowest BCUT2D eigenvalue weighted by molar-refractivity contribution is 0.182. The van der Waals surface area contributed by atoms with Gasteiger partial charge in [-0.3, -0.25) is 4.68 Å². The Hall–Kier alpha value is -2.22. The van der Waals surface area contributed by atoms with E-state index in [-0.39, 0.29) is 11.4 Å². The number of nitrogens with one attached hydrogen (secondary N) is 1. The quantitative estimate of drug-likeness (QED) is 0.743. The molecular weight excluding hydrogens is 314 g/mol. The number of fused-ring (bicyclic) bond motifs is 1. The third kappa shape index (κ3) is 3.42. The summed E-state index contributed by atoms with van der Waals surface area (Å²) < 4.78 is 28.1. The summed E-state index contributed by atoms with van der Waals surface area (Å²) in [5.41, 5.74) is 0.664. The van der Waals surface area contributed by atoms with Crippen molar-refractivity contribution in [2.75, 3.05) is 6.54 Å². The summed E-state index contributed by atoms with van der Waals surface area (Å²) in [4.78, 5) is 0.0747. The molecule has 0 aliphatic heterocycles. The molecule has 6 nitrogen and oxygen atoms in total. The van der Waals surface area contributed by atoms with Gasteiger partial charge in [-0.25, -0.2) is 13.1 Å². The molecule has 0 bridgehead atoms. The van der Waals surface area contributed by atoms with E-state index in [2.05, 4.69) is 9.82 Å². The number of rotatable bonds is 5. The van der Waals surface area contributed by atoms with Gasteiger partial charge < -0.3 is 5.11 Å². The average molecular weight is 331 g/mol. The van der Waals surface area contributed by atoms with Crippen LogP contribution in [-0.4, -0.2) is 29.8 Å². The van der Waals surface area contributed by atoms with E-state index in [9.17, 15) is 13.5 Å². The summed E-state index contributed by atoms with van der Waals surface area (Å²) in [6, 6.07) is 13.4. The zero-order chi connectivity index (χ0) is 16.4. The lowest BCUT2D eigenvalue weighted by Gasteiger charge is -2.13. The highest BCUT2D eigenvalue weighted by molar-refractivity contribution is 7.89. The number of aliphatic hydroxyl groups is 1. The van der Waals surface area contributed by atoms with Crippen LogP contribution >= 0.6 is 0 Å². The van der Waals surface area contributed by atoms with Crippen LogP contribution < -0.4 is 4.72 Å². The SMILES string of the molecule is Cn1cc(S(=O)(=O)NCC(O)c2ccc3ccccc3c2)cn1. The van der Waals surface area contributed by atoms with Gasteiger partial charge in [-0.15, -0.1) is 0 Å². The van der Waals surface area contributed by atoms with E-state index in [1.807, 2.05) is 36.4 Å². The molecule has 0 aliphatic carbocycles. The van der Waals surface area contributed by atoms with Crippen LogP contribution in [0.15, 0.2) is 59.8 Å². The van der Waals surface area contributed by atoms with E-state index in [0.29, 0.717) is 5.56 Å². The summed E-state index contributed by atoms with van der Waals surface area (Å²) in [5, 5.41) is 16.2. The number of aliphatic hydroxyl groups excluding tert-OH is 1. The third-order valence-electron chi connectivity index (χ3n) is 3.62. The summed E-state index contributed by atoms with van der Waals surface area (Å²) in [6.07, 6.45) is 1.75. The third-order valence-corrected chi connectivity index (χ3v) is 4.99. The maximum Gasteiger partial charge on any atom is 0.243 e. The fourth-order valence-electron chi connectivity index (χ4n) is 2.34. The van der Waals surface area contributed by atoms with Gasteiger partial charge in [-0.2, -0.15) is 5.10 Å². The minimum atomic E-state index is -3.68. The Labute approximate surface area is 134 Å². The normalized spacial score (nSPS) is 13.3. The summed E-state index contributed by atoms with van der Waals surface area (Å²) >= 11 is 0. The first-order chi connectivity index (χ1) is 11.0. The lowest BCUT2D eigenvalue weighted by atomic mass is 10.0.